The minimum absolute atomic E-state index is 0.553. The van der Waals surface area contributed by atoms with Gasteiger partial charge in [0.1, 0.15) is 0 Å². The Morgan fingerprint density at radius 1 is 1.33 bits per heavy atom. The zero-order valence-electron chi connectivity index (χ0n) is 11.5. The lowest BCUT2D eigenvalue weighted by molar-refractivity contribution is 0.409. The highest BCUT2D eigenvalue weighted by molar-refractivity contribution is 9.10. The Kier molecular flexibility index (Phi) is 4.51. The molecule has 1 aromatic carbocycles. The lowest BCUT2D eigenvalue weighted by Gasteiger charge is -2.26. The molecule has 1 aliphatic rings. The van der Waals surface area contributed by atoms with Gasteiger partial charge < -0.3 is 10.2 Å². The summed E-state index contributed by atoms with van der Waals surface area (Å²) in [5.74, 6) is 0. The first-order valence-corrected chi connectivity index (χ1v) is 8.14. The van der Waals surface area contributed by atoms with E-state index in [1.807, 2.05) is 36.5 Å². The smallest absolute Gasteiger partial charge is 0.173 e. The predicted octanol–water partition coefficient (Wildman–Crippen LogP) is 4.21. The van der Waals surface area contributed by atoms with E-state index in [9.17, 15) is 0 Å². The lowest BCUT2D eigenvalue weighted by Crippen LogP contribution is -2.36. The third-order valence-electron chi connectivity index (χ3n) is 3.40. The summed E-state index contributed by atoms with van der Waals surface area (Å²) >= 11 is 9.07. The normalized spacial score (nSPS) is 13.8. The third-order valence-corrected chi connectivity index (χ3v) is 4.23. The minimum Gasteiger partial charge on any atom is -0.342 e. The predicted molar refractivity (Wildman–Crippen MR) is 93.2 cm³/mol. The first kappa shape index (κ1) is 14.5. The maximum Gasteiger partial charge on any atom is 0.173 e. The van der Waals surface area contributed by atoms with Crippen molar-refractivity contribution >= 4 is 38.9 Å². The molecule has 1 N–H and O–H groups in total. The van der Waals surface area contributed by atoms with Gasteiger partial charge in [0.2, 0.25) is 0 Å². The van der Waals surface area contributed by atoms with Crippen LogP contribution in [0.1, 0.15) is 18.4 Å². The monoisotopic (exact) mass is 361 g/mol. The quantitative estimate of drug-likeness (QED) is 0.825. The molecule has 1 saturated carbocycles. The summed E-state index contributed by atoms with van der Waals surface area (Å²) in [4.78, 5) is 6.43. The highest BCUT2D eigenvalue weighted by Crippen LogP contribution is 2.29. The van der Waals surface area contributed by atoms with Gasteiger partial charge in [0.15, 0.2) is 5.11 Å². The number of anilines is 1. The van der Waals surface area contributed by atoms with Crippen LogP contribution in [0.25, 0.3) is 0 Å². The Bertz CT molecular complexity index is 628. The second-order valence-corrected chi connectivity index (χ2v) is 6.46. The summed E-state index contributed by atoms with van der Waals surface area (Å²) in [5.41, 5.74) is 2.19. The Morgan fingerprint density at radius 3 is 2.86 bits per heavy atom. The van der Waals surface area contributed by atoms with Crippen LogP contribution in [0.15, 0.2) is 53.3 Å². The maximum absolute atomic E-state index is 5.60. The molecule has 0 bridgehead atoms. The number of thiocarbonyl (C=S) groups is 1. The SMILES string of the molecule is S=C(Nc1cccc(Br)c1)N(Cc1cccnc1)C1CC1. The minimum atomic E-state index is 0.553. The van der Waals surface area contributed by atoms with Crippen molar-refractivity contribution in [1.29, 1.82) is 0 Å². The van der Waals surface area contributed by atoms with Crippen LogP contribution >= 0.6 is 28.1 Å². The number of hydrogen-bond donors (Lipinski definition) is 1. The number of aromatic nitrogens is 1. The van der Waals surface area contributed by atoms with Crippen LogP contribution < -0.4 is 5.32 Å². The maximum atomic E-state index is 5.60. The Morgan fingerprint density at radius 2 is 2.19 bits per heavy atom. The van der Waals surface area contributed by atoms with Crippen molar-refractivity contribution < 1.29 is 0 Å². The van der Waals surface area contributed by atoms with Crippen LogP contribution in [0, 0.1) is 0 Å². The summed E-state index contributed by atoms with van der Waals surface area (Å²) in [7, 11) is 0. The molecule has 0 unspecified atom stereocenters. The van der Waals surface area contributed by atoms with Crippen LogP contribution in [0.5, 0.6) is 0 Å². The number of nitrogens with one attached hydrogen (secondary N) is 1. The molecular weight excluding hydrogens is 346 g/mol. The molecule has 0 atom stereocenters. The largest absolute Gasteiger partial charge is 0.342 e. The molecule has 0 amide bonds. The first-order valence-electron chi connectivity index (χ1n) is 6.94. The Balaban J connectivity index is 1.70. The van der Waals surface area contributed by atoms with E-state index in [2.05, 4.69) is 37.2 Å². The van der Waals surface area contributed by atoms with Gasteiger partial charge in [-0.2, -0.15) is 0 Å². The number of halogens is 1. The lowest BCUT2D eigenvalue weighted by atomic mass is 10.2. The number of nitrogens with zero attached hydrogens (tertiary/aromatic N) is 2. The van der Waals surface area contributed by atoms with E-state index in [0.29, 0.717) is 6.04 Å². The number of hydrogen-bond acceptors (Lipinski definition) is 2. The van der Waals surface area contributed by atoms with E-state index in [4.69, 9.17) is 12.2 Å². The number of rotatable bonds is 4. The van der Waals surface area contributed by atoms with E-state index in [1.165, 1.54) is 18.4 Å². The first-order chi connectivity index (χ1) is 10.2. The zero-order chi connectivity index (χ0) is 14.7. The highest BCUT2D eigenvalue weighted by atomic mass is 79.9. The van der Waals surface area contributed by atoms with E-state index in [-0.39, 0.29) is 0 Å². The Labute approximate surface area is 138 Å². The highest BCUT2D eigenvalue weighted by Gasteiger charge is 2.30. The standard InChI is InChI=1S/C16H16BrN3S/c17-13-4-1-5-14(9-13)19-16(21)20(15-6-7-15)11-12-3-2-8-18-10-12/h1-5,8-10,15H,6-7,11H2,(H,19,21). The van der Waals surface area contributed by atoms with Gasteiger partial charge in [0.05, 0.1) is 0 Å². The summed E-state index contributed by atoms with van der Waals surface area (Å²) in [6.07, 6.45) is 6.11. The Hall–Kier alpha value is -1.46. The van der Waals surface area contributed by atoms with Gasteiger partial charge in [-0.15, -0.1) is 0 Å². The van der Waals surface area contributed by atoms with Gasteiger partial charge >= 0.3 is 0 Å². The second kappa shape index (κ2) is 6.54. The van der Waals surface area contributed by atoms with Crippen molar-refractivity contribution in [2.45, 2.75) is 25.4 Å². The number of pyridine rings is 1. The number of benzene rings is 1. The van der Waals surface area contributed by atoms with Crippen LogP contribution in [-0.2, 0) is 6.54 Å². The van der Waals surface area contributed by atoms with Crippen LogP contribution in [0.2, 0.25) is 0 Å². The molecule has 1 aliphatic carbocycles. The van der Waals surface area contributed by atoms with Gasteiger partial charge in [-0.1, -0.05) is 28.1 Å². The molecule has 0 spiro atoms. The zero-order valence-corrected chi connectivity index (χ0v) is 13.9. The molecule has 108 valence electrons. The summed E-state index contributed by atoms with van der Waals surface area (Å²) in [5, 5.41) is 4.11. The van der Waals surface area contributed by atoms with Crippen LogP contribution in [0.3, 0.4) is 0 Å². The average molecular weight is 362 g/mol. The van der Waals surface area contributed by atoms with Crippen LogP contribution in [-0.4, -0.2) is 21.0 Å². The van der Waals surface area contributed by atoms with Crippen LogP contribution in [0.4, 0.5) is 5.69 Å². The van der Waals surface area contributed by atoms with Gasteiger partial charge in [-0.25, -0.2) is 0 Å². The van der Waals surface area contributed by atoms with Crippen molar-refractivity contribution in [3.63, 3.8) is 0 Å². The van der Waals surface area contributed by atoms with Crippen molar-refractivity contribution in [3.8, 4) is 0 Å². The van der Waals surface area contributed by atoms with E-state index in [1.54, 1.807) is 6.20 Å². The third kappa shape index (κ3) is 4.02. The molecule has 3 nitrogen and oxygen atoms in total. The second-order valence-electron chi connectivity index (χ2n) is 5.16. The van der Waals surface area contributed by atoms with Crippen molar-refractivity contribution in [2.75, 3.05) is 5.32 Å². The molecular formula is C16H16BrN3S. The molecule has 2 aromatic rings. The summed E-state index contributed by atoms with van der Waals surface area (Å²) in [6, 6.07) is 12.7. The molecule has 3 rings (SSSR count). The van der Waals surface area contributed by atoms with Crippen molar-refractivity contribution in [3.05, 3.63) is 58.8 Å². The molecule has 0 radical (unpaired) electrons. The van der Waals surface area contributed by atoms with Crippen molar-refractivity contribution in [1.82, 2.24) is 9.88 Å². The summed E-state index contributed by atoms with van der Waals surface area (Å²) < 4.78 is 1.04. The van der Waals surface area contributed by atoms with Gasteiger partial charge in [-0.3, -0.25) is 4.98 Å². The van der Waals surface area contributed by atoms with Gasteiger partial charge in [0, 0.05) is 35.1 Å². The molecule has 1 heterocycles. The van der Waals surface area contributed by atoms with E-state index < -0.39 is 0 Å². The molecule has 5 heteroatoms. The molecule has 0 aliphatic heterocycles. The fourth-order valence-electron chi connectivity index (χ4n) is 2.20. The topological polar surface area (TPSA) is 28.2 Å². The fourth-order valence-corrected chi connectivity index (χ4v) is 2.93. The molecule has 0 saturated heterocycles. The average Bonchev–Trinajstić information content (AvgIpc) is 3.30. The fraction of sp³-hybridized carbons (Fsp3) is 0.250. The van der Waals surface area contributed by atoms with Gasteiger partial charge in [0.25, 0.3) is 0 Å². The van der Waals surface area contributed by atoms with E-state index in [0.717, 1.165) is 21.8 Å². The molecule has 1 aromatic heterocycles. The van der Waals surface area contributed by atoms with E-state index >= 15 is 0 Å². The van der Waals surface area contributed by atoms with Crippen molar-refractivity contribution in [2.24, 2.45) is 0 Å². The summed E-state index contributed by atoms with van der Waals surface area (Å²) in [6.45, 7) is 0.804. The molecule has 21 heavy (non-hydrogen) atoms. The molecule has 1 fully saturated rings. The van der Waals surface area contributed by atoms with Gasteiger partial charge in [-0.05, 0) is 54.9 Å².